The fourth-order valence-electron chi connectivity index (χ4n) is 2.08. The van der Waals surface area contributed by atoms with Gasteiger partial charge in [0.05, 0.1) is 6.42 Å². The van der Waals surface area contributed by atoms with Gasteiger partial charge in [0.1, 0.15) is 5.82 Å². The van der Waals surface area contributed by atoms with Crippen molar-refractivity contribution in [3.63, 3.8) is 0 Å². The number of carbonyl (C=O) groups is 2. The second-order valence-corrected chi connectivity index (χ2v) is 4.52. The minimum absolute atomic E-state index is 0.0752. The van der Waals surface area contributed by atoms with Crippen molar-refractivity contribution in [2.24, 2.45) is 7.05 Å². The number of hydrogen-bond donors (Lipinski definition) is 0. The van der Waals surface area contributed by atoms with Gasteiger partial charge < -0.3 is 14.4 Å². The fraction of sp³-hybridized carbons (Fsp3) is 0.583. The summed E-state index contributed by atoms with van der Waals surface area (Å²) in [6.07, 6.45) is 3.84. The number of imidazole rings is 1. The second-order valence-electron chi connectivity index (χ2n) is 4.52. The first kappa shape index (κ1) is 12.6. The molecule has 1 saturated heterocycles. The number of hydrogen-bond acceptors (Lipinski definition) is 3. The monoisotopic (exact) mass is 250 g/mol. The summed E-state index contributed by atoms with van der Waals surface area (Å²) in [7, 11) is 1.88. The van der Waals surface area contributed by atoms with Crippen molar-refractivity contribution < 1.29 is 9.59 Å². The number of piperazine rings is 1. The molecule has 0 radical (unpaired) electrons. The molecule has 2 amide bonds. The smallest absolute Gasteiger partial charge is 0.230 e. The SMILES string of the molecule is CC(=O)N1CCN(C(=O)Cc2nccn2C)CC1. The first-order valence-electron chi connectivity index (χ1n) is 6.07. The van der Waals surface area contributed by atoms with Crippen molar-refractivity contribution in [3.05, 3.63) is 18.2 Å². The molecule has 6 heteroatoms. The van der Waals surface area contributed by atoms with Crippen LogP contribution in [0.3, 0.4) is 0 Å². The number of aryl methyl sites for hydroxylation is 1. The minimum Gasteiger partial charge on any atom is -0.339 e. The van der Waals surface area contributed by atoms with Crippen LogP contribution in [0.5, 0.6) is 0 Å². The first-order chi connectivity index (χ1) is 8.58. The van der Waals surface area contributed by atoms with E-state index >= 15 is 0 Å². The highest BCUT2D eigenvalue weighted by atomic mass is 16.2. The van der Waals surface area contributed by atoms with Crippen LogP contribution in [-0.4, -0.2) is 57.3 Å². The Hall–Kier alpha value is -1.85. The zero-order valence-corrected chi connectivity index (χ0v) is 10.8. The summed E-state index contributed by atoms with van der Waals surface area (Å²) in [5, 5.41) is 0. The molecule has 0 unspecified atom stereocenters. The van der Waals surface area contributed by atoms with E-state index in [1.54, 1.807) is 22.9 Å². The predicted molar refractivity (Wildman–Crippen MR) is 65.7 cm³/mol. The summed E-state index contributed by atoms with van der Waals surface area (Å²) in [6, 6.07) is 0. The zero-order valence-electron chi connectivity index (χ0n) is 10.8. The average Bonchev–Trinajstić information content (AvgIpc) is 2.75. The van der Waals surface area contributed by atoms with Gasteiger partial charge in [0.25, 0.3) is 0 Å². The van der Waals surface area contributed by atoms with Crippen molar-refractivity contribution in [2.75, 3.05) is 26.2 Å². The van der Waals surface area contributed by atoms with Crippen molar-refractivity contribution in [3.8, 4) is 0 Å². The van der Waals surface area contributed by atoms with E-state index in [9.17, 15) is 9.59 Å². The van der Waals surface area contributed by atoms with Crippen LogP contribution < -0.4 is 0 Å². The van der Waals surface area contributed by atoms with Crippen molar-refractivity contribution >= 4 is 11.8 Å². The Morgan fingerprint density at radius 2 is 1.83 bits per heavy atom. The Bertz CT molecular complexity index is 447. The summed E-state index contributed by atoms with van der Waals surface area (Å²) >= 11 is 0. The lowest BCUT2D eigenvalue weighted by Crippen LogP contribution is -2.50. The summed E-state index contributed by atoms with van der Waals surface area (Å²) in [4.78, 5) is 31.0. The predicted octanol–water partition coefficient (Wildman–Crippen LogP) is -0.347. The fourth-order valence-corrected chi connectivity index (χ4v) is 2.08. The summed E-state index contributed by atoms with van der Waals surface area (Å²) < 4.78 is 1.85. The molecule has 2 rings (SSSR count). The van der Waals surface area contributed by atoms with Crippen LogP contribution in [0.2, 0.25) is 0 Å². The summed E-state index contributed by atoms with van der Waals surface area (Å²) in [6.45, 7) is 4.04. The van der Waals surface area contributed by atoms with Crippen LogP contribution in [0, 0.1) is 0 Å². The lowest BCUT2D eigenvalue weighted by atomic mass is 10.2. The Labute approximate surface area is 106 Å². The molecule has 0 aliphatic carbocycles. The van der Waals surface area contributed by atoms with Gasteiger partial charge in [0.15, 0.2) is 0 Å². The van der Waals surface area contributed by atoms with E-state index in [4.69, 9.17) is 0 Å². The van der Waals surface area contributed by atoms with Gasteiger partial charge in [0, 0.05) is 52.5 Å². The Balaban J connectivity index is 1.88. The van der Waals surface area contributed by atoms with Gasteiger partial charge >= 0.3 is 0 Å². The molecule has 1 aromatic rings. The number of carbonyl (C=O) groups excluding carboxylic acids is 2. The quantitative estimate of drug-likeness (QED) is 0.721. The van der Waals surface area contributed by atoms with Crippen LogP contribution >= 0.6 is 0 Å². The third-order valence-electron chi connectivity index (χ3n) is 3.31. The van der Waals surface area contributed by atoms with Crippen molar-refractivity contribution in [1.82, 2.24) is 19.4 Å². The molecule has 1 fully saturated rings. The minimum atomic E-state index is 0.0752. The molecule has 0 aromatic carbocycles. The average molecular weight is 250 g/mol. The third kappa shape index (κ3) is 2.69. The summed E-state index contributed by atoms with van der Waals surface area (Å²) in [5.41, 5.74) is 0. The highest BCUT2D eigenvalue weighted by Crippen LogP contribution is 2.05. The number of rotatable bonds is 2. The number of aromatic nitrogens is 2. The van der Waals surface area contributed by atoms with Crippen LogP contribution in [0.15, 0.2) is 12.4 Å². The highest BCUT2D eigenvalue weighted by Gasteiger charge is 2.22. The molecule has 2 heterocycles. The van der Waals surface area contributed by atoms with E-state index in [2.05, 4.69) is 4.98 Å². The molecule has 6 nitrogen and oxygen atoms in total. The molecular weight excluding hydrogens is 232 g/mol. The Morgan fingerprint density at radius 3 is 2.33 bits per heavy atom. The molecule has 1 aliphatic rings. The van der Waals surface area contributed by atoms with Crippen LogP contribution in [0.25, 0.3) is 0 Å². The van der Waals surface area contributed by atoms with E-state index in [0.29, 0.717) is 32.6 Å². The zero-order chi connectivity index (χ0) is 13.1. The molecule has 0 spiro atoms. The standard InChI is InChI=1S/C12H18N4O2/c1-10(17)15-5-7-16(8-6-15)12(18)9-11-13-3-4-14(11)2/h3-4H,5-9H2,1-2H3. The number of amides is 2. The maximum Gasteiger partial charge on any atom is 0.230 e. The van der Waals surface area contributed by atoms with Gasteiger partial charge in [-0.25, -0.2) is 4.98 Å². The largest absolute Gasteiger partial charge is 0.339 e. The normalized spacial score (nSPS) is 15.9. The van der Waals surface area contributed by atoms with E-state index in [0.717, 1.165) is 5.82 Å². The van der Waals surface area contributed by atoms with Gasteiger partial charge in [0.2, 0.25) is 11.8 Å². The number of nitrogens with zero attached hydrogens (tertiary/aromatic N) is 4. The molecule has 0 N–H and O–H groups in total. The lowest BCUT2D eigenvalue weighted by molar-refractivity contribution is -0.138. The molecule has 0 bridgehead atoms. The Kier molecular flexibility index (Phi) is 3.64. The van der Waals surface area contributed by atoms with E-state index in [1.165, 1.54) is 0 Å². The van der Waals surface area contributed by atoms with E-state index in [1.807, 2.05) is 17.8 Å². The summed E-state index contributed by atoms with van der Waals surface area (Å²) in [5.74, 6) is 0.924. The van der Waals surface area contributed by atoms with Crippen molar-refractivity contribution in [2.45, 2.75) is 13.3 Å². The van der Waals surface area contributed by atoms with Crippen molar-refractivity contribution in [1.29, 1.82) is 0 Å². The molecule has 0 saturated carbocycles. The molecule has 1 aliphatic heterocycles. The van der Waals surface area contributed by atoms with Gasteiger partial charge in [-0.1, -0.05) is 0 Å². The first-order valence-corrected chi connectivity index (χ1v) is 6.07. The van der Waals surface area contributed by atoms with Gasteiger partial charge in [-0.2, -0.15) is 0 Å². The maximum absolute atomic E-state index is 12.1. The third-order valence-corrected chi connectivity index (χ3v) is 3.31. The van der Waals surface area contributed by atoms with Crippen LogP contribution in [0.4, 0.5) is 0 Å². The van der Waals surface area contributed by atoms with Crippen LogP contribution in [0.1, 0.15) is 12.7 Å². The molecular formula is C12H18N4O2. The van der Waals surface area contributed by atoms with Gasteiger partial charge in [-0.3, -0.25) is 9.59 Å². The molecule has 18 heavy (non-hydrogen) atoms. The molecule has 1 aromatic heterocycles. The second kappa shape index (κ2) is 5.20. The van der Waals surface area contributed by atoms with E-state index < -0.39 is 0 Å². The van der Waals surface area contributed by atoms with E-state index in [-0.39, 0.29) is 11.8 Å². The maximum atomic E-state index is 12.1. The van der Waals surface area contributed by atoms with Crippen LogP contribution in [-0.2, 0) is 23.1 Å². The highest BCUT2D eigenvalue weighted by molar-refractivity contribution is 5.79. The van der Waals surface area contributed by atoms with Gasteiger partial charge in [-0.15, -0.1) is 0 Å². The van der Waals surface area contributed by atoms with Gasteiger partial charge in [-0.05, 0) is 0 Å². The lowest BCUT2D eigenvalue weighted by Gasteiger charge is -2.34. The topological polar surface area (TPSA) is 58.4 Å². The molecule has 0 atom stereocenters. The Morgan fingerprint density at radius 1 is 1.22 bits per heavy atom. The molecule has 98 valence electrons.